The predicted octanol–water partition coefficient (Wildman–Crippen LogP) is 4.13. The van der Waals surface area contributed by atoms with Crippen LogP contribution in [0.5, 0.6) is 0 Å². The first-order valence-corrected chi connectivity index (χ1v) is 7.23. The smallest absolute Gasteiger partial charge is 0.0656 e. The van der Waals surface area contributed by atoms with Crippen molar-refractivity contribution in [1.82, 2.24) is 0 Å². The van der Waals surface area contributed by atoms with Gasteiger partial charge in [-0.1, -0.05) is 21.6 Å². The molecular weight excluding hydrogens is 212 g/mol. The molecule has 0 radical (unpaired) electrons. The minimum absolute atomic E-state index is 0.0671. The second-order valence-corrected chi connectivity index (χ2v) is 9.70. The number of thiol groups is 1. The lowest BCUT2D eigenvalue weighted by Crippen LogP contribution is -2.09. The predicted molar refractivity (Wildman–Crippen MR) is 65.8 cm³/mol. The van der Waals surface area contributed by atoms with E-state index in [0.29, 0.717) is 4.08 Å². The van der Waals surface area contributed by atoms with Gasteiger partial charge in [-0.05, 0) is 34.0 Å². The molecule has 0 aliphatic heterocycles. The molecule has 0 aromatic heterocycles. The summed E-state index contributed by atoms with van der Waals surface area (Å²) in [5.74, 6) is 0. The van der Waals surface area contributed by atoms with Crippen molar-refractivity contribution in [2.45, 2.75) is 35.9 Å². The molecule has 0 fully saturated rings. The zero-order valence-electron chi connectivity index (χ0n) is 7.67. The molecule has 0 unspecified atom stereocenters. The Hall–Kier alpha value is 1.40. The minimum atomic E-state index is 0.0671. The van der Waals surface area contributed by atoms with Gasteiger partial charge in [-0.15, -0.1) is 11.8 Å². The molecule has 0 atom stereocenters. The van der Waals surface area contributed by atoms with E-state index < -0.39 is 0 Å². The normalized spacial score (nSPS) is 13.6. The molecule has 0 heterocycles. The van der Waals surface area contributed by atoms with Gasteiger partial charge in [0, 0.05) is 0 Å². The van der Waals surface area contributed by atoms with Crippen molar-refractivity contribution in [3.63, 3.8) is 0 Å². The summed E-state index contributed by atoms with van der Waals surface area (Å²) in [6.45, 7) is 8.69. The molecular formula is C7H16S4. The van der Waals surface area contributed by atoms with Crippen LogP contribution in [0.3, 0.4) is 0 Å². The molecule has 11 heavy (non-hydrogen) atoms. The molecule has 0 saturated carbocycles. The highest BCUT2D eigenvalue weighted by molar-refractivity contribution is 8.80. The molecule has 4 heteroatoms. The highest BCUT2D eigenvalue weighted by Crippen LogP contribution is 2.48. The maximum Gasteiger partial charge on any atom is 0.0656 e. The Morgan fingerprint density at radius 2 is 1.45 bits per heavy atom. The van der Waals surface area contributed by atoms with Gasteiger partial charge in [0.1, 0.15) is 0 Å². The van der Waals surface area contributed by atoms with Crippen LogP contribution in [0, 0.1) is 0 Å². The molecule has 0 saturated heterocycles. The zero-order valence-corrected chi connectivity index (χ0v) is 11.0. The Morgan fingerprint density at radius 1 is 1.00 bits per heavy atom. The highest BCUT2D eigenvalue weighted by Gasteiger charge is 2.22. The van der Waals surface area contributed by atoms with Crippen LogP contribution in [0.2, 0.25) is 0 Å². The quantitative estimate of drug-likeness (QED) is 0.437. The molecule has 0 aliphatic carbocycles. The fourth-order valence-corrected chi connectivity index (χ4v) is 3.38. The molecule has 0 bridgehead atoms. The highest BCUT2D eigenvalue weighted by atomic mass is 33.1. The summed E-state index contributed by atoms with van der Waals surface area (Å²) in [4.78, 5) is 0. The zero-order chi connectivity index (χ0) is 9.12. The van der Waals surface area contributed by atoms with E-state index in [1.165, 1.54) is 0 Å². The van der Waals surface area contributed by atoms with Gasteiger partial charge in [-0.25, -0.2) is 0 Å². The fraction of sp³-hybridized carbons (Fsp3) is 1.00. The molecule has 0 aliphatic rings. The average molecular weight is 228 g/mol. The van der Waals surface area contributed by atoms with Crippen molar-refractivity contribution < 1.29 is 0 Å². The van der Waals surface area contributed by atoms with Crippen LogP contribution in [-0.2, 0) is 0 Å². The van der Waals surface area contributed by atoms with Crippen molar-refractivity contribution in [2.24, 2.45) is 0 Å². The van der Waals surface area contributed by atoms with Crippen LogP contribution in [0.4, 0.5) is 0 Å². The summed E-state index contributed by atoms with van der Waals surface area (Å²) in [7, 11) is 3.71. The van der Waals surface area contributed by atoms with Crippen LogP contribution in [-0.4, -0.2) is 14.4 Å². The Bertz CT molecular complexity index is 114. The summed E-state index contributed by atoms with van der Waals surface area (Å²) in [5.41, 5.74) is 0. The number of thioether (sulfide) groups is 1. The summed E-state index contributed by atoms with van der Waals surface area (Å²) >= 11 is 6.31. The van der Waals surface area contributed by atoms with Gasteiger partial charge in [0.15, 0.2) is 0 Å². The van der Waals surface area contributed by atoms with Gasteiger partial charge in [0.2, 0.25) is 0 Å². The van der Waals surface area contributed by atoms with Crippen LogP contribution in [0.25, 0.3) is 0 Å². The Balaban J connectivity index is 3.70. The van der Waals surface area contributed by atoms with Crippen molar-refractivity contribution in [3.05, 3.63) is 0 Å². The SMILES string of the molecule is CSC(C)(C)SSC(C)(C)S. The first kappa shape index (κ1) is 12.4. The first-order chi connectivity index (χ1) is 4.77. The van der Waals surface area contributed by atoms with Crippen LogP contribution in [0.15, 0.2) is 0 Å². The van der Waals surface area contributed by atoms with E-state index in [1.54, 1.807) is 0 Å². The molecule has 0 spiro atoms. The van der Waals surface area contributed by atoms with E-state index in [1.807, 2.05) is 33.3 Å². The van der Waals surface area contributed by atoms with E-state index in [0.717, 1.165) is 0 Å². The average Bonchev–Trinajstić information content (AvgIpc) is 1.83. The van der Waals surface area contributed by atoms with E-state index in [-0.39, 0.29) is 4.08 Å². The van der Waals surface area contributed by atoms with E-state index in [2.05, 4.69) is 46.6 Å². The van der Waals surface area contributed by atoms with Crippen LogP contribution >= 0.6 is 46.0 Å². The Labute approximate surface area is 87.9 Å². The standard InChI is InChI=1S/C7H16S4/c1-6(2,8)10-11-7(3,4)9-5/h8H,1-5H3. The number of hydrogen-bond acceptors (Lipinski definition) is 4. The van der Waals surface area contributed by atoms with Crippen LogP contribution in [0.1, 0.15) is 27.7 Å². The third-order valence-corrected chi connectivity index (χ3v) is 7.27. The first-order valence-electron chi connectivity index (χ1n) is 3.41. The van der Waals surface area contributed by atoms with Gasteiger partial charge < -0.3 is 0 Å². The van der Waals surface area contributed by atoms with E-state index in [4.69, 9.17) is 0 Å². The maximum absolute atomic E-state index is 4.44. The van der Waals surface area contributed by atoms with Gasteiger partial charge >= 0.3 is 0 Å². The molecule has 68 valence electrons. The van der Waals surface area contributed by atoms with Gasteiger partial charge in [0.25, 0.3) is 0 Å². The lowest BCUT2D eigenvalue weighted by molar-refractivity contribution is 1.03. The third kappa shape index (κ3) is 7.75. The van der Waals surface area contributed by atoms with E-state index in [9.17, 15) is 0 Å². The molecule has 0 N–H and O–H groups in total. The fourth-order valence-electron chi connectivity index (χ4n) is 0.236. The number of hydrogen-bond donors (Lipinski definition) is 1. The second-order valence-electron chi connectivity index (χ2n) is 3.22. The second kappa shape index (κ2) is 4.58. The largest absolute Gasteiger partial charge is 0.161 e. The van der Waals surface area contributed by atoms with Crippen molar-refractivity contribution >= 4 is 46.0 Å². The molecule has 0 rings (SSSR count). The van der Waals surface area contributed by atoms with Gasteiger partial charge in [0.05, 0.1) is 8.16 Å². The van der Waals surface area contributed by atoms with Crippen LogP contribution < -0.4 is 0 Å². The lowest BCUT2D eigenvalue weighted by atomic mass is 10.5. The van der Waals surface area contributed by atoms with E-state index >= 15 is 0 Å². The molecule has 0 aromatic rings. The number of rotatable bonds is 4. The molecule has 0 nitrogen and oxygen atoms in total. The Morgan fingerprint density at radius 3 is 1.73 bits per heavy atom. The summed E-state index contributed by atoms with van der Waals surface area (Å²) < 4.78 is 0.363. The summed E-state index contributed by atoms with van der Waals surface area (Å²) in [6, 6.07) is 0. The maximum atomic E-state index is 4.44. The molecule has 0 aromatic carbocycles. The van der Waals surface area contributed by atoms with Crippen molar-refractivity contribution in [1.29, 1.82) is 0 Å². The minimum Gasteiger partial charge on any atom is -0.161 e. The lowest BCUT2D eigenvalue weighted by Gasteiger charge is -2.25. The van der Waals surface area contributed by atoms with Gasteiger partial charge in [-0.3, -0.25) is 0 Å². The third-order valence-electron chi connectivity index (χ3n) is 0.938. The monoisotopic (exact) mass is 228 g/mol. The topological polar surface area (TPSA) is 0 Å². The van der Waals surface area contributed by atoms with Gasteiger partial charge in [-0.2, -0.15) is 12.6 Å². The van der Waals surface area contributed by atoms with Crippen molar-refractivity contribution in [2.75, 3.05) is 6.26 Å². The summed E-state index contributed by atoms with van der Waals surface area (Å²) in [6.07, 6.45) is 2.14. The Kier molecular flexibility index (Phi) is 5.17. The summed E-state index contributed by atoms with van der Waals surface area (Å²) in [5, 5.41) is 0. The molecule has 0 amide bonds. The van der Waals surface area contributed by atoms with Crippen molar-refractivity contribution in [3.8, 4) is 0 Å².